The van der Waals surface area contributed by atoms with Crippen LogP contribution in [0.1, 0.15) is 57.6 Å². The van der Waals surface area contributed by atoms with E-state index in [4.69, 9.17) is 4.74 Å². The molecule has 2 rings (SSSR count). The van der Waals surface area contributed by atoms with Gasteiger partial charge in [-0.25, -0.2) is 4.98 Å². The van der Waals surface area contributed by atoms with Gasteiger partial charge in [0.15, 0.2) is 5.13 Å². The largest absolute Gasteiger partial charge is 0.466 e. The highest BCUT2D eigenvalue weighted by molar-refractivity contribution is 7.13. The molecule has 0 atom stereocenters. The summed E-state index contributed by atoms with van der Waals surface area (Å²) >= 11 is 1.35. The Bertz CT molecular complexity index is 495. The third-order valence-corrected chi connectivity index (χ3v) is 4.74. The Labute approximate surface area is 135 Å². The Kier molecular flexibility index (Phi) is 6.83. The van der Waals surface area contributed by atoms with Crippen LogP contribution in [0.4, 0.5) is 5.13 Å². The molecule has 0 spiro atoms. The number of thiazole rings is 1. The number of ether oxygens (including phenoxy) is 1. The number of rotatable bonds is 7. The minimum Gasteiger partial charge on any atom is -0.466 e. The van der Waals surface area contributed by atoms with E-state index in [2.05, 4.69) is 10.3 Å². The van der Waals surface area contributed by atoms with Crippen molar-refractivity contribution in [3.63, 3.8) is 0 Å². The van der Waals surface area contributed by atoms with E-state index < -0.39 is 0 Å². The predicted molar refractivity (Wildman–Crippen MR) is 86.9 cm³/mol. The van der Waals surface area contributed by atoms with Gasteiger partial charge in [0.25, 0.3) is 0 Å². The van der Waals surface area contributed by atoms with Gasteiger partial charge in [0.05, 0.1) is 18.7 Å². The van der Waals surface area contributed by atoms with Crippen LogP contribution in [-0.4, -0.2) is 23.5 Å². The van der Waals surface area contributed by atoms with Gasteiger partial charge in [-0.15, -0.1) is 11.3 Å². The molecule has 1 aliphatic carbocycles. The summed E-state index contributed by atoms with van der Waals surface area (Å²) in [5.41, 5.74) is 0.644. The minimum absolute atomic E-state index is 0.0163. The topological polar surface area (TPSA) is 68.3 Å². The SMILES string of the molecule is CCOC(=O)Cc1csc(NC(=O)CCC2CCCCC2)n1. The highest BCUT2D eigenvalue weighted by Gasteiger charge is 2.15. The van der Waals surface area contributed by atoms with Gasteiger partial charge in [-0.1, -0.05) is 32.1 Å². The molecule has 0 unspecified atom stereocenters. The fraction of sp³-hybridized carbons (Fsp3) is 0.688. The molecule has 0 aliphatic heterocycles. The summed E-state index contributed by atoms with van der Waals surface area (Å²) < 4.78 is 4.88. The first-order chi connectivity index (χ1) is 10.7. The van der Waals surface area contributed by atoms with Crippen LogP contribution in [0.2, 0.25) is 0 Å². The summed E-state index contributed by atoms with van der Waals surface area (Å²) in [6, 6.07) is 0. The monoisotopic (exact) mass is 324 g/mol. The van der Waals surface area contributed by atoms with E-state index in [1.165, 1.54) is 43.4 Å². The number of nitrogens with zero attached hydrogens (tertiary/aromatic N) is 1. The Balaban J connectivity index is 1.72. The zero-order valence-electron chi connectivity index (χ0n) is 13.1. The zero-order chi connectivity index (χ0) is 15.8. The van der Waals surface area contributed by atoms with Crippen LogP contribution >= 0.6 is 11.3 Å². The molecule has 5 nitrogen and oxygen atoms in total. The second kappa shape index (κ2) is 8.88. The molecule has 1 heterocycles. The van der Waals surface area contributed by atoms with Crippen LogP contribution in [0.3, 0.4) is 0 Å². The van der Waals surface area contributed by atoms with Crippen molar-refractivity contribution in [2.24, 2.45) is 5.92 Å². The summed E-state index contributed by atoms with van der Waals surface area (Å²) in [7, 11) is 0. The number of carbonyl (C=O) groups excluding carboxylic acids is 2. The normalized spacial score (nSPS) is 15.5. The van der Waals surface area contributed by atoms with Gasteiger partial charge in [-0.05, 0) is 19.3 Å². The van der Waals surface area contributed by atoms with E-state index in [1.807, 2.05) is 0 Å². The van der Waals surface area contributed by atoms with Crippen molar-refractivity contribution in [1.82, 2.24) is 4.98 Å². The Morgan fingerprint density at radius 3 is 2.86 bits per heavy atom. The molecule has 22 heavy (non-hydrogen) atoms. The average molecular weight is 324 g/mol. The number of carbonyl (C=O) groups is 2. The molecule has 1 saturated carbocycles. The molecule has 0 aromatic carbocycles. The van der Waals surface area contributed by atoms with E-state index in [9.17, 15) is 9.59 Å². The highest BCUT2D eigenvalue weighted by Crippen LogP contribution is 2.27. The zero-order valence-corrected chi connectivity index (χ0v) is 13.9. The van der Waals surface area contributed by atoms with E-state index in [0.29, 0.717) is 29.8 Å². The molecule has 1 fully saturated rings. The van der Waals surface area contributed by atoms with Crippen molar-refractivity contribution >= 4 is 28.3 Å². The quantitative estimate of drug-likeness (QED) is 0.779. The first-order valence-electron chi connectivity index (χ1n) is 8.07. The molecular formula is C16H24N2O3S. The van der Waals surface area contributed by atoms with Gasteiger partial charge in [-0.2, -0.15) is 0 Å². The van der Waals surface area contributed by atoms with Crippen LogP contribution in [0, 0.1) is 5.92 Å². The molecule has 122 valence electrons. The van der Waals surface area contributed by atoms with Gasteiger partial charge in [0.2, 0.25) is 5.91 Å². The second-order valence-corrected chi connectivity index (χ2v) is 6.57. The fourth-order valence-corrected chi connectivity index (χ4v) is 3.52. The Morgan fingerprint density at radius 2 is 2.14 bits per heavy atom. The lowest BCUT2D eigenvalue weighted by Crippen LogP contribution is -2.15. The second-order valence-electron chi connectivity index (χ2n) is 5.72. The van der Waals surface area contributed by atoms with Gasteiger partial charge in [0, 0.05) is 11.8 Å². The summed E-state index contributed by atoms with van der Waals surface area (Å²) in [4.78, 5) is 27.6. The van der Waals surface area contributed by atoms with Crippen LogP contribution in [-0.2, 0) is 20.7 Å². The lowest BCUT2D eigenvalue weighted by Gasteiger charge is -2.20. The molecular weight excluding hydrogens is 300 g/mol. The predicted octanol–water partition coefficient (Wildman–Crippen LogP) is 3.55. The van der Waals surface area contributed by atoms with Gasteiger partial charge < -0.3 is 10.1 Å². The van der Waals surface area contributed by atoms with Crippen molar-refractivity contribution in [3.8, 4) is 0 Å². The van der Waals surface area contributed by atoms with Crippen LogP contribution in [0.15, 0.2) is 5.38 Å². The van der Waals surface area contributed by atoms with Crippen molar-refractivity contribution in [3.05, 3.63) is 11.1 Å². The first kappa shape index (κ1) is 16.9. The number of anilines is 1. The van der Waals surface area contributed by atoms with Gasteiger partial charge >= 0.3 is 5.97 Å². The molecule has 1 N–H and O–H groups in total. The summed E-state index contributed by atoms with van der Waals surface area (Å²) in [6.07, 6.45) is 8.13. The summed E-state index contributed by atoms with van der Waals surface area (Å²) in [5, 5.41) is 5.17. The fourth-order valence-electron chi connectivity index (χ4n) is 2.80. The van der Waals surface area contributed by atoms with E-state index >= 15 is 0 Å². The maximum absolute atomic E-state index is 12.0. The number of hydrogen-bond acceptors (Lipinski definition) is 5. The number of amides is 1. The van der Waals surface area contributed by atoms with Crippen LogP contribution in [0.5, 0.6) is 0 Å². The van der Waals surface area contributed by atoms with Gasteiger partial charge in [-0.3, -0.25) is 9.59 Å². The molecule has 0 bridgehead atoms. The molecule has 1 aromatic heterocycles. The van der Waals surface area contributed by atoms with E-state index in [1.54, 1.807) is 12.3 Å². The third-order valence-electron chi connectivity index (χ3n) is 3.93. The lowest BCUT2D eigenvalue weighted by molar-refractivity contribution is -0.142. The van der Waals surface area contributed by atoms with E-state index in [0.717, 1.165) is 6.42 Å². The molecule has 1 amide bonds. The molecule has 1 aromatic rings. The van der Waals surface area contributed by atoms with E-state index in [-0.39, 0.29) is 18.3 Å². The Morgan fingerprint density at radius 1 is 1.36 bits per heavy atom. The van der Waals surface area contributed by atoms with Crippen molar-refractivity contribution in [1.29, 1.82) is 0 Å². The molecule has 0 radical (unpaired) electrons. The Hall–Kier alpha value is -1.43. The number of hydrogen-bond donors (Lipinski definition) is 1. The summed E-state index contributed by atoms with van der Waals surface area (Å²) in [5.74, 6) is 0.431. The first-order valence-corrected chi connectivity index (χ1v) is 8.95. The maximum Gasteiger partial charge on any atom is 0.311 e. The van der Waals surface area contributed by atoms with Crippen molar-refractivity contribution in [2.45, 2.75) is 58.3 Å². The highest BCUT2D eigenvalue weighted by atomic mass is 32.1. The number of aromatic nitrogens is 1. The summed E-state index contributed by atoms with van der Waals surface area (Å²) in [6.45, 7) is 2.14. The lowest BCUT2D eigenvalue weighted by atomic mass is 9.86. The molecule has 6 heteroatoms. The van der Waals surface area contributed by atoms with Crippen molar-refractivity contribution < 1.29 is 14.3 Å². The smallest absolute Gasteiger partial charge is 0.311 e. The number of esters is 1. The van der Waals surface area contributed by atoms with Crippen molar-refractivity contribution in [2.75, 3.05) is 11.9 Å². The van der Waals surface area contributed by atoms with Crippen LogP contribution in [0.25, 0.3) is 0 Å². The molecule has 1 aliphatic rings. The van der Waals surface area contributed by atoms with Crippen LogP contribution < -0.4 is 5.32 Å². The third kappa shape index (κ3) is 5.75. The number of nitrogens with one attached hydrogen (secondary N) is 1. The standard InChI is InChI=1S/C16H24N2O3S/c1-2-21-15(20)10-13-11-22-16(17-13)18-14(19)9-8-12-6-4-3-5-7-12/h11-12H,2-10H2,1H3,(H,17,18,19). The minimum atomic E-state index is -0.289. The molecule has 0 saturated heterocycles. The maximum atomic E-state index is 12.0. The van der Waals surface area contributed by atoms with Gasteiger partial charge in [0.1, 0.15) is 0 Å². The average Bonchev–Trinajstić information content (AvgIpc) is 2.93.